The van der Waals surface area contributed by atoms with Gasteiger partial charge in [0.1, 0.15) is 11.3 Å². The number of rotatable bonds is 5. The average molecular weight is 390 g/mol. The first-order chi connectivity index (χ1) is 12.8. The molecule has 0 radical (unpaired) electrons. The summed E-state index contributed by atoms with van der Waals surface area (Å²) >= 11 is 5.81. The van der Waals surface area contributed by atoms with Crippen LogP contribution in [-0.4, -0.2) is 26.2 Å². The third kappa shape index (κ3) is 4.04. The van der Waals surface area contributed by atoms with Gasteiger partial charge >= 0.3 is 5.97 Å². The maximum atomic E-state index is 12.2. The molecule has 0 aliphatic rings. The minimum absolute atomic E-state index is 0.0261. The standard InChI is InChI=1S/C17H12ClN3O6/c1-9(26-17(23)13-8-11(18)4-7-14(13)22)15-19-20-16(27-15)10-2-5-12(6-3-10)21(24)25/h2-9,22H,1H3. The summed E-state index contributed by atoms with van der Waals surface area (Å²) in [6.45, 7) is 1.52. The molecule has 27 heavy (non-hydrogen) atoms. The van der Waals surface area contributed by atoms with E-state index in [1.54, 1.807) is 0 Å². The minimum atomic E-state index is -0.893. The van der Waals surface area contributed by atoms with Crippen molar-refractivity contribution >= 4 is 23.3 Å². The smallest absolute Gasteiger partial charge is 0.342 e. The summed E-state index contributed by atoms with van der Waals surface area (Å²) in [7, 11) is 0. The van der Waals surface area contributed by atoms with Crippen molar-refractivity contribution in [3.8, 4) is 17.2 Å². The van der Waals surface area contributed by atoms with E-state index < -0.39 is 17.0 Å². The Morgan fingerprint density at radius 3 is 2.63 bits per heavy atom. The summed E-state index contributed by atoms with van der Waals surface area (Å²) in [5.74, 6) is -0.932. The van der Waals surface area contributed by atoms with Crippen LogP contribution in [0.25, 0.3) is 11.5 Å². The Labute approximate surface area is 157 Å². The molecule has 1 aromatic heterocycles. The lowest BCUT2D eigenvalue weighted by molar-refractivity contribution is -0.384. The van der Waals surface area contributed by atoms with E-state index in [1.165, 1.54) is 49.4 Å². The van der Waals surface area contributed by atoms with Gasteiger partial charge in [0.2, 0.25) is 5.89 Å². The van der Waals surface area contributed by atoms with Crippen LogP contribution in [0.4, 0.5) is 5.69 Å². The van der Waals surface area contributed by atoms with Gasteiger partial charge in [-0.3, -0.25) is 10.1 Å². The fraction of sp³-hybridized carbons (Fsp3) is 0.118. The van der Waals surface area contributed by atoms with Crippen molar-refractivity contribution in [1.82, 2.24) is 10.2 Å². The molecule has 0 bridgehead atoms. The number of halogens is 1. The lowest BCUT2D eigenvalue weighted by Crippen LogP contribution is -2.09. The highest BCUT2D eigenvalue weighted by molar-refractivity contribution is 6.31. The number of hydrogen-bond donors (Lipinski definition) is 1. The molecule has 138 valence electrons. The topological polar surface area (TPSA) is 129 Å². The molecule has 0 fully saturated rings. The fourth-order valence-corrected chi connectivity index (χ4v) is 2.36. The van der Waals surface area contributed by atoms with Crippen molar-refractivity contribution < 1.29 is 24.0 Å². The number of ether oxygens (including phenoxy) is 1. The van der Waals surface area contributed by atoms with Gasteiger partial charge < -0.3 is 14.3 Å². The number of esters is 1. The Morgan fingerprint density at radius 2 is 1.96 bits per heavy atom. The van der Waals surface area contributed by atoms with E-state index >= 15 is 0 Å². The molecule has 0 saturated heterocycles. The van der Waals surface area contributed by atoms with Crippen molar-refractivity contribution in [3.63, 3.8) is 0 Å². The third-order valence-corrected chi connectivity index (χ3v) is 3.81. The van der Waals surface area contributed by atoms with Crippen molar-refractivity contribution in [3.05, 3.63) is 69.1 Å². The monoisotopic (exact) mass is 389 g/mol. The van der Waals surface area contributed by atoms with Crippen LogP contribution >= 0.6 is 11.6 Å². The number of aromatic nitrogens is 2. The predicted octanol–water partition coefficient (Wildman–Crippen LogP) is 3.92. The fourth-order valence-electron chi connectivity index (χ4n) is 2.19. The number of non-ortho nitro benzene ring substituents is 1. The molecule has 1 atom stereocenters. The molecule has 3 aromatic rings. The number of carbonyl (C=O) groups excluding carboxylic acids is 1. The number of nitrogens with zero attached hydrogens (tertiary/aromatic N) is 3. The Kier molecular flexibility index (Phi) is 5.04. The molecule has 3 rings (SSSR count). The first-order valence-electron chi connectivity index (χ1n) is 7.63. The molecule has 2 aromatic carbocycles. The second-order valence-electron chi connectivity index (χ2n) is 5.46. The van der Waals surface area contributed by atoms with Gasteiger partial charge in [-0.25, -0.2) is 4.79 Å². The van der Waals surface area contributed by atoms with E-state index in [9.17, 15) is 20.0 Å². The van der Waals surface area contributed by atoms with Gasteiger partial charge in [-0.2, -0.15) is 0 Å². The van der Waals surface area contributed by atoms with Crippen LogP contribution in [0.2, 0.25) is 5.02 Å². The minimum Gasteiger partial charge on any atom is -0.507 e. The second kappa shape index (κ2) is 7.42. The Bertz CT molecular complexity index is 1000. The first-order valence-corrected chi connectivity index (χ1v) is 8.00. The molecule has 0 aliphatic heterocycles. The number of nitro groups is 1. The number of hydrogen-bond acceptors (Lipinski definition) is 8. The zero-order chi connectivity index (χ0) is 19.6. The number of carbonyl (C=O) groups is 1. The Morgan fingerprint density at radius 1 is 1.26 bits per heavy atom. The van der Waals surface area contributed by atoms with E-state index in [0.717, 1.165) is 0 Å². The highest BCUT2D eigenvalue weighted by Gasteiger charge is 2.22. The quantitative estimate of drug-likeness (QED) is 0.395. The summed E-state index contributed by atoms with van der Waals surface area (Å²) in [6, 6.07) is 9.55. The number of benzene rings is 2. The maximum absolute atomic E-state index is 12.2. The summed E-state index contributed by atoms with van der Waals surface area (Å²) in [6.07, 6.45) is -0.893. The molecule has 1 heterocycles. The molecule has 9 nitrogen and oxygen atoms in total. The van der Waals surface area contributed by atoms with Crippen LogP contribution in [0.15, 0.2) is 46.9 Å². The first kappa shape index (κ1) is 18.3. The van der Waals surface area contributed by atoms with Gasteiger partial charge in [-0.05, 0) is 37.3 Å². The molecule has 1 N–H and O–H groups in total. The Hall–Kier alpha value is -3.46. The maximum Gasteiger partial charge on any atom is 0.342 e. The van der Waals surface area contributed by atoms with E-state index in [1.807, 2.05) is 0 Å². The lowest BCUT2D eigenvalue weighted by Gasteiger charge is -2.10. The zero-order valence-corrected chi connectivity index (χ0v) is 14.6. The normalized spacial score (nSPS) is 11.8. The van der Waals surface area contributed by atoms with Gasteiger partial charge in [0.05, 0.1) is 4.92 Å². The SMILES string of the molecule is CC(OC(=O)c1cc(Cl)ccc1O)c1nnc(-c2ccc([N+](=O)[O-])cc2)o1. The number of phenolic OH excluding ortho intramolecular Hbond substituents is 1. The average Bonchev–Trinajstić information content (AvgIpc) is 3.14. The van der Waals surface area contributed by atoms with Crippen molar-refractivity contribution in [2.75, 3.05) is 0 Å². The van der Waals surface area contributed by atoms with Gasteiger partial charge in [0.25, 0.3) is 11.6 Å². The molecule has 0 spiro atoms. The van der Waals surface area contributed by atoms with Crippen LogP contribution in [0.5, 0.6) is 5.75 Å². The number of nitro benzene ring substituents is 1. The summed E-state index contributed by atoms with van der Waals surface area (Å²) < 4.78 is 10.7. The molecular formula is C17H12ClN3O6. The van der Waals surface area contributed by atoms with Crippen LogP contribution in [0.3, 0.4) is 0 Å². The van der Waals surface area contributed by atoms with E-state index in [0.29, 0.717) is 5.56 Å². The highest BCUT2D eigenvalue weighted by atomic mass is 35.5. The predicted molar refractivity (Wildman–Crippen MR) is 93.3 cm³/mol. The van der Waals surface area contributed by atoms with Crippen molar-refractivity contribution in [2.24, 2.45) is 0 Å². The van der Waals surface area contributed by atoms with Gasteiger partial charge in [0.15, 0.2) is 6.10 Å². The van der Waals surface area contributed by atoms with Crippen LogP contribution in [0, 0.1) is 10.1 Å². The summed E-state index contributed by atoms with van der Waals surface area (Å²) in [5, 5.41) is 28.4. The van der Waals surface area contributed by atoms with E-state index in [4.69, 9.17) is 20.8 Å². The molecule has 0 amide bonds. The summed E-state index contributed by atoms with van der Waals surface area (Å²) in [5.41, 5.74) is 0.317. The number of aromatic hydroxyl groups is 1. The van der Waals surface area contributed by atoms with Crippen LogP contribution < -0.4 is 0 Å². The van der Waals surface area contributed by atoms with Gasteiger partial charge in [-0.15, -0.1) is 10.2 Å². The molecule has 10 heteroatoms. The second-order valence-corrected chi connectivity index (χ2v) is 5.89. The molecule has 1 unspecified atom stereocenters. The van der Waals surface area contributed by atoms with Gasteiger partial charge in [0, 0.05) is 22.7 Å². The van der Waals surface area contributed by atoms with E-state index in [-0.39, 0.29) is 33.8 Å². The molecular weight excluding hydrogens is 378 g/mol. The van der Waals surface area contributed by atoms with Crippen LogP contribution in [0.1, 0.15) is 29.3 Å². The number of phenols is 1. The third-order valence-electron chi connectivity index (χ3n) is 3.58. The van der Waals surface area contributed by atoms with Crippen LogP contribution in [-0.2, 0) is 4.74 Å². The summed E-state index contributed by atoms with van der Waals surface area (Å²) in [4.78, 5) is 22.4. The largest absolute Gasteiger partial charge is 0.507 e. The lowest BCUT2D eigenvalue weighted by atomic mass is 10.2. The Balaban J connectivity index is 1.74. The molecule has 0 saturated carbocycles. The van der Waals surface area contributed by atoms with Crippen molar-refractivity contribution in [2.45, 2.75) is 13.0 Å². The molecule has 0 aliphatic carbocycles. The van der Waals surface area contributed by atoms with E-state index in [2.05, 4.69) is 10.2 Å². The van der Waals surface area contributed by atoms with Crippen molar-refractivity contribution in [1.29, 1.82) is 0 Å². The highest BCUT2D eigenvalue weighted by Crippen LogP contribution is 2.27. The van der Waals surface area contributed by atoms with Gasteiger partial charge in [-0.1, -0.05) is 11.6 Å². The zero-order valence-electron chi connectivity index (χ0n) is 13.8.